The van der Waals surface area contributed by atoms with Gasteiger partial charge in [-0.3, -0.25) is 4.79 Å². The maximum Gasteiger partial charge on any atom is 0.326 e. The molecule has 0 aliphatic heterocycles. The summed E-state index contributed by atoms with van der Waals surface area (Å²) in [5.41, 5.74) is 0.472. The summed E-state index contributed by atoms with van der Waals surface area (Å²) in [6, 6.07) is -0.827. The van der Waals surface area contributed by atoms with Gasteiger partial charge in [-0.25, -0.2) is 9.78 Å². The molecule has 1 amide bonds. The Kier molecular flexibility index (Phi) is 2.87. The summed E-state index contributed by atoms with van der Waals surface area (Å²) >= 11 is 0. The van der Waals surface area contributed by atoms with Gasteiger partial charge < -0.3 is 14.8 Å². The first-order chi connectivity index (χ1) is 7.99. The van der Waals surface area contributed by atoms with Gasteiger partial charge in [-0.1, -0.05) is 0 Å². The van der Waals surface area contributed by atoms with Gasteiger partial charge >= 0.3 is 5.97 Å². The molecule has 1 unspecified atom stereocenters. The first kappa shape index (κ1) is 11.6. The first-order valence-electron chi connectivity index (χ1n) is 5.46. The molecule has 0 radical (unpaired) electrons. The van der Waals surface area contributed by atoms with Crippen LogP contribution in [-0.2, 0) is 4.79 Å². The molecule has 92 valence electrons. The lowest BCUT2D eigenvalue weighted by molar-refractivity contribution is -0.139. The van der Waals surface area contributed by atoms with Crippen molar-refractivity contribution in [1.82, 2.24) is 10.3 Å². The topological polar surface area (TPSA) is 92.4 Å². The van der Waals surface area contributed by atoms with Crippen molar-refractivity contribution in [2.45, 2.75) is 32.7 Å². The van der Waals surface area contributed by atoms with Crippen molar-refractivity contribution >= 4 is 11.9 Å². The minimum atomic E-state index is -1.00. The largest absolute Gasteiger partial charge is 0.480 e. The van der Waals surface area contributed by atoms with Crippen molar-refractivity contribution in [1.29, 1.82) is 0 Å². The highest BCUT2D eigenvalue weighted by Crippen LogP contribution is 2.32. The maximum absolute atomic E-state index is 11.8. The zero-order valence-electron chi connectivity index (χ0n) is 9.69. The molecule has 1 atom stereocenters. The summed E-state index contributed by atoms with van der Waals surface area (Å²) in [5.74, 6) is -0.988. The van der Waals surface area contributed by atoms with Crippen LogP contribution < -0.4 is 5.32 Å². The van der Waals surface area contributed by atoms with Crippen molar-refractivity contribution in [3.05, 3.63) is 17.3 Å². The highest BCUT2D eigenvalue weighted by atomic mass is 16.4. The highest BCUT2D eigenvalue weighted by Gasteiger charge is 2.38. The normalized spacial score (nSPS) is 16.6. The van der Waals surface area contributed by atoms with Crippen LogP contribution in [0.3, 0.4) is 0 Å². The second kappa shape index (κ2) is 4.20. The van der Waals surface area contributed by atoms with Crippen LogP contribution >= 0.6 is 0 Å². The molecule has 2 N–H and O–H groups in total. The third-order valence-electron chi connectivity index (χ3n) is 2.76. The zero-order chi connectivity index (χ0) is 12.6. The van der Waals surface area contributed by atoms with Crippen LogP contribution in [0.1, 0.15) is 35.0 Å². The Balaban J connectivity index is 2.10. The molecule has 1 heterocycles. The van der Waals surface area contributed by atoms with E-state index in [2.05, 4.69) is 10.3 Å². The molecule has 0 saturated heterocycles. The number of nitrogens with zero attached hydrogens (tertiary/aromatic N) is 1. The number of nitrogens with one attached hydrogen (secondary N) is 1. The molecule has 0 bridgehead atoms. The number of aryl methyl sites for hydroxylation is 2. The molecule has 6 heteroatoms. The molecule has 6 nitrogen and oxygen atoms in total. The Morgan fingerprint density at radius 3 is 2.53 bits per heavy atom. The number of hydrogen-bond donors (Lipinski definition) is 2. The van der Waals surface area contributed by atoms with Crippen LogP contribution in [0.5, 0.6) is 0 Å². The molecule has 1 aromatic heterocycles. The van der Waals surface area contributed by atoms with E-state index in [9.17, 15) is 9.59 Å². The molecule has 0 aromatic carbocycles. The number of carbonyl (C=O) groups is 2. The molecule has 1 aliphatic carbocycles. The van der Waals surface area contributed by atoms with Crippen LogP contribution in [-0.4, -0.2) is 28.0 Å². The van der Waals surface area contributed by atoms with Crippen LogP contribution in [0, 0.1) is 19.8 Å². The monoisotopic (exact) mass is 238 g/mol. The molecule has 0 spiro atoms. The predicted molar refractivity (Wildman–Crippen MR) is 57.6 cm³/mol. The van der Waals surface area contributed by atoms with E-state index < -0.39 is 17.9 Å². The van der Waals surface area contributed by atoms with Crippen molar-refractivity contribution in [2.24, 2.45) is 5.92 Å². The van der Waals surface area contributed by atoms with Gasteiger partial charge in [0.2, 0.25) is 5.76 Å². The van der Waals surface area contributed by atoms with E-state index >= 15 is 0 Å². The first-order valence-corrected chi connectivity index (χ1v) is 5.46. The number of rotatable bonds is 4. The van der Waals surface area contributed by atoms with Gasteiger partial charge in [0.05, 0.1) is 5.69 Å². The van der Waals surface area contributed by atoms with E-state index in [4.69, 9.17) is 9.52 Å². The Labute approximate surface area is 98.0 Å². The molecular formula is C11H14N2O4. The zero-order valence-corrected chi connectivity index (χ0v) is 9.69. The fraction of sp³-hybridized carbons (Fsp3) is 0.545. The SMILES string of the molecule is Cc1nc(C)c(C(=O)NC(C(=O)O)C2CC2)o1. The van der Waals surface area contributed by atoms with Gasteiger partial charge in [0.1, 0.15) is 6.04 Å². The number of aliphatic carboxylic acids is 1. The minimum absolute atomic E-state index is 0.0424. The van der Waals surface area contributed by atoms with Gasteiger partial charge in [-0.2, -0.15) is 0 Å². The number of carboxylic acids is 1. The van der Waals surface area contributed by atoms with Gasteiger partial charge in [-0.05, 0) is 25.7 Å². The smallest absolute Gasteiger partial charge is 0.326 e. The average molecular weight is 238 g/mol. The van der Waals surface area contributed by atoms with E-state index in [1.165, 1.54) is 0 Å². The quantitative estimate of drug-likeness (QED) is 0.812. The highest BCUT2D eigenvalue weighted by molar-refractivity contribution is 5.95. The van der Waals surface area contributed by atoms with Crippen LogP contribution in [0.15, 0.2) is 4.42 Å². The lowest BCUT2D eigenvalue weighted by Gasteiger charge is -2.12. The Morgan fingerprint density at radius 2 is 2.12 bits per heavy atom. The summed E-state index contributed by atoms with van der Waals surface area (Å²) in [7, 11) is 0. The van der Waals surface area contributed by atoms with Crippen LogP contribution in [0.25, 0.3) is 0 Å². The van der Waals surface area contributed by atoms with E-state index in [1.807, 2.05) is 0 Å². The summed E-state index contributed by atoms with van der Waals surface area (Å²) in [6.07, 6.45) is 1.68. The molecular weight excluding hydrogens is 224 g/mol. The molecule has 1 aliphatic rings. The van der Waals surface area contributed by atoms with Gasteiger partial charge in [0, 0.05) is 6.92 Å². The summed E-state index contributed by atoms with van der Waals surface area (Å²) in [6.45, 7) is 3.29. The van der Waals surface area contributed by atoms with E-state index in [1.54, 1.807) is 13.8 Å². The van der Waals surface area contributed by atoms with E-state index in [0.717, 1.165) is 12.8 Å². The lowest BCUT2D eigenvalue weighted by atomic mass is 10.2. The molecule has 1 saturated carbocycles. The van der Waals surface area contributed by atoms with Crippen molar-refractivity contribution in [2.75, 3.05) is 0 Å². The van der Waals surface area contributed by atoms with Crippen molar-refractivity contribution in [3.8, 4) is 0 Å². The van der Waals surface area contributed by atoms with Crippen molar-refractivity contribution < 1.29 is 19.1 Å². The van der Waals surface area contributed by atoms with Crippen molar-refractivity contribution in [3.63, 3.8) is 0 Å². The second-order valence-electron chi connectivity index (χ2n) is 4.27. The summed E-state index contributed by atoms with van der Waals surface area (Å²) in [4.78, 5) is 26.8. The van der Waals surface area contributed by atoms with Crippen LogP contribution in [0.4, 0.5) is 0 Å². The molecule has 17 heavy (non-hydrogen) atoms. The third-order valence-corrected chi connectivity index (χ3v) is 2.76. The fourth-order valence-electron chi connectivity index (χ4n) is 1.76. The number of aromatic nitrogens is 1. The van der Waals surface area contributed by atoms with Crippen LogP contribution in [0.2, 0.25) is 0 Å². The summed E-state index contributed by atoms with van der Waals surface area (Å²) < 4.78 is 5.14. The third kappa shape index (κ3) is 2.46. The number of hydrogen-bond acceptors (Lipinski definition) is 4. The number of oxazole rings is 1. The average Bonchev–Trinajstić information content (AvgIpc) is 3.00. The number of carbonyl (C=O) groups excluding carboxylic acids is 1. The lowest BCUT2D eigenvalue weighted by Crippen LogP contribution is -2.42. The number of amides is 1. The second-order valence-corrected chi connectivity index (χ2v) is 4.27. The van der Waals surface area contributed by atoms with E-state index in [0.29, 0.717) is 11.6 Å². The minimum Gasteiger partial charge on any atom is -0.480 e. The summed E-state index contributed by atoms with van der Waals surface area (Å²) in [5, 5.41) is 11.5. The fourth-order valence-corrected chi connectivity index (χ4v) is 1.76. The van der Waals surface area contributed by atoms with Gasteiger partial charge in [0.15, 0.2) is 5.89 Å². The number of carboxylic acid groups (broad SMARTS) is 1. The van der Waals surface area contributed by atoms with Gasteiger partial charge in [0.25, 0.3) is 5.91 Å². The maximum atomic E-state index is 11.8. The molecule has 1 fully saturated rings. The Bertz CT molecular complexity index is 462. The standard InChI is InChI=1S/C11H14N2O4/c1-5-9(17-6(2)12-5)10(14)13-8(11(15)16)7-3-4-7/h7-8H,3-4H2,1-2H3,(H,13,14)(H,15,16). The predicted octanol–water partition coefficient (Wildman–Crippen LogP) is 0.884. The molecule has 2 rings (SSSR count). The Morgan fingerprint density at radius 1 is 1.47 bits per heavy atom. The van der Waals surface area contributed by atoms with E-state index in [-0.39, 0.29) is 11.7 Å². The molecule has 1 aromatic rings. The van der Waals surface area contributed by atoms with Gasteiger partial charge in [-0.15, -0.1) is 0 Å². The Hall–Kier alpha value is -1.85.